The summed E-state index contributed by atoms with van der Waals surface area (Å²) in [6, 6.07) is 24.3. The quantitative estimate of drug-likeness (QED) is 0.472. The number of halogens is 1. The van der Waals surface area contributed by atoms with E-state index in [4.69, 9.17) is 16.3 Å². The zero-order valence-corrected chi connectivity index (χ0v) is 18.5. The fraction of sp³-hybridized carbons (Fsp3) is 0.192. The van der Waals surface area contributed by atoms with Crippen LogP contribution in [0.2, 0.25) is 5.02 Å². The van der Waals surface area contributed by atoms with Crippen molar-refractivity contribution in [3.63, 3.8) is 0 Å². The zero-order chi connectivity index (χ0) is 23.2. The molecule has 33 heavy (non-hydrogen) atoms. The number of imide groups is 1. The van der Waals surface area contributed by atoms with Crippen LogP contribution in [0, 0.1) is 11.8 Å². The third-order valence-electron chi connectivity index (χ3n) is 6.54. The van der Waals surface area contributed by atoms with Crippen molar-refractivity contribution in [3.05, 3.63) is 101 Å². The molecule has 2 aliphatic rings. The Morgan fingerprint density at radius 3 is 2.12 bits per heavy atom. The number of hydrogen-bond acceptors (Lipinski definition) is 5. The van der Waals surface area contributed by atoms with Gasteiger partial charge in [0.15, 0.2) is 5.54 Å². The van der Waals surface area contributed by atoms with Gasteiger partial charge >= 0.3 is 5.97 Å². The van der Waals surface area contributed by atoms with Crippen LogP contribution in [0.4, 0.5) is 5.69 Å². The summed E-state index contributed by atoms with van der Waals surface area (Å²) in [6.45, 7) is 0. The van der Waals surface area contributed by atoms with E-state index in [1.165, 1.54) is 12.0 Å². The first-order valence-electron chi connectivity index (χ1n) is 10.6. The van der Waals surface area contributed by atoms with Gasteiger partial charge in [0.25, 0.3) is 0 Å². The maximum Gasteiger partial charge on any atom is 0.331 e. The van der Waals surface area contributed by atoms with Gasteiger partial charge in [0, 0.05) is 11.1 Å². The number of rotatable bonds is 4. The van der Waals surface area contributed by atoms with E-state index in [2.05, 4.69) is 5.32 Å². The Labute approximate surface area is 196 Å². The minimum Gasteiger partial charge on any atom is -0.467 e. The van der Waals surface area contributed by atoms with Crippen LogP contribution < -0.4 is 10.2 Å². The van der Waals surface area contributed by atoms with Gasteiger partial charge in [-0.1, -0.05) is 72.3 Å². The Balaban J connectivity index is 1.72. The second-order valence-corrected chi connectivity index (χ2v) is 8.63. The Hall–Kier alpha value is -3.48. The van der Waals surface area contributed by atoms with E-state index in [1.807, 2.05) is 36.4 Å². The summed E-state index contributed by atoms with van der Waals surface area (Å²) >= 11 is 6.02. The minimum absolute atomic E-state index is 0.365. The summed E-state index contributed by atoms with van der Waals surface area (Å²) in [5, 5.41) is 3.86. The molecule has 5 rings (SSSR count). The summed E-state index contributed by atoms with van der Waals surface area (Å²) < 4.78 is 5.22. The molecule has 1 N–H and O–H groups in total. The maximum absolute atomic E-state index is 13.9. The van der Waals surface area contributed by atoms with E-state index in [1.54, 1.807) is 48.5 Å². The molecular formula is C26H21ClN2O4. The van der Waals surface area contributed by atoms with Crippen LogP contribution in [-0.2, 0) is 24.7 Å². The molecule has 0 aliphatic carbocycles. The third-order valence-corrected chi connectivity index (χ3v) is 6.79. The summed E-state index contributed by atoms with van der Waals surface area (Å²) in [5.41, 5.74) is 0.287. The van der Waals surface area contributed by atoms with Gasteiger partial charge in [0.2, 0.25) is 11.8 Å². The number of nitrogens with one attached hydrogen (secondary N) is 1. The molecule has 0 saturated carbocycles. The molecule has 0 aromatic heterocycles. The molecule has 2 heterocycles. The number of anilines is 1. The van der Waals surface area contributed by atoms with Crippen molar-refractivity contribution in [2.45, 2.75) is 11.6 Å². The van der Waals surface area contributed by atoms with Crippen LogP contribution in [0.25, 0.3) is 0 Å². The lowest BCUT2D eigenvalue weighted by atomic mass is 9.75. The van der Waals surface area contributed by atoms with Crippen LogP contribution in [0.5, 0.6) is 0 Å². The van der Waals surface area contributed by atoms with Gasteiger partial charge in [-0.25, -0.2) is 9.69 Å². The van der Waals surface area contributed by atoms with Crippen molar-refractivity contribution < 1.29 is 19.1 Å². The highest BCUT2D eigenvalue weighted by atomic mass is 35.5. The number of hydrogen-bond donors (Lipinski definition) is 1. The predicted octanol–water partition coefficient (Wildman–Crippen LogP) is 3.86. The smallest absolute Gasteiger partial charge is 0.331 e. The largest absolute Gasteiger partial charge is 0.467 e. The first-order valence-corrected chi connectivity index (χ1v) is 11.0. The molecule has 166 valence electrons. The fourth-order valence-corrected chi connectivity index (χ4v) is 5.26. The average Bonchev–Trinajstić information content (AvgIpc) is 3.35. The number of amides is 2. The number of carbonyl (C=O) groups is 3. The van der Waals surface area contributed by atoms with Crippen molar-refractivity contribution in [1.29, 1.82) is 0 Å². The molecule has 2 amide bonds. The van der Waals surface area contributed by atoms with Crippen molar-refractivity contribution in [1.82, 2.24) is 5.32 Å². The van der Waals surface area contributed by atoms with E-state index in [0.29, 0.717) is 16.3 Å². The summed E-state index contributed by atoms with van der Waals surface area (Å²) in [5.74, 6) is -3.21. The van der Waals surface area contributed by atoms with Gasteiger partial charge in [-0.15, -0.1) is 0 Å². The molecule has 3 aromatic rings. The monoisotopic (exact) mass is 460 g/mol. The van der Waals surface area contributed by atoms with Crippen molar-refractivity contribution in [2.75, 3.05) is 12.0 Å². The van der Waals surface area contributed by atoms with E-state index < -0.39 is 35.3 Å². The van der Waals surface area contributed by atoms with E-state index >= 15 is 0 Å². The molecule has 2 aliphatic heterocycles. The third kappa shape index (κ3) is 3.17. The SMILES string of the molecule is COC(=O)[C@@]1(c2ccccc2)N[C@H](c2ccccc2)[C@@H]2C(=O)N(c3ccc(Cl)cc3)C(=O)[C@@H]21. The van der Waals surface area contributed by atoms with Gasteiger partial charge < -0.3 is 4.74 Å². The second kappa shape index (κ2) is 8.14. The molecule has 7 heteroatoms. The predicted molar refractivity (Wildman–Crippen MR) is 123 cm³/mol. The van der Waals surface area contributed by atoms with Gasteiger partial charge in [-0.2, -0.15) is 0 Å². The van der Waals surface area contributed by atoms with E-state index in [9.17, 15) is 14.4 Å². The Bertz CT molecular complexity index is 1220. The highest BCUT2D eigenvalue weighted by Crippen LogP contribution is 2.54. The van der Waals surface area contributed by atoms with Crippen molar-refractivity contribution in [3.8, 4) is 0 Å². The average molecular weight is 461 g/mol. The molecule has 0 radical (unpaired) electrons. The lowest BCUT2D eigenvalue weighted by molar-refractivity contribution is -0.152. The number of ether oxygens (including phenoxy) is 1. The summed E-state index contributed by atoms with van der Waals surface area (Å²) in [6.07, 6.45) is 0. The zero-order valence-electron chi connectivity index (χ0n) is 17.8. The molecule has 2 fully saturated rings. The van der Waals surface area contributed by atoms with Gasteiger partial charge in [-0.3, -0.25) is 14.9 Å². The summed E-state index contributed by atoms with van der Waals surface area (Å²) in [4.78, 5) is 42.3. The Morgan fingerprint density at radius 1 is 0.909 bits per heavy atom. The number of methoxy groups -OCH3 is 1. The van der Waals surface area contributed by atoms with Crippen LogP contribution in [0.3, 0.4) is 0 Å². The maximum atomic E-state index is 13.9. The lowest BCUT2D eigenvalue weighted by Crippen LogP contribution is -2.53. The number of esters is 1. The van der Waals surface area contributed by atoms with Crippen molar-refractivity contribution in [2.24, 2.45) is 11.8 Å². The van der Waals surface area contributed by atoms with E-state index in [-0.39, 0.29) is 5.91 Å². The molecule has 2 saturated heterocycles. The topological polar surface area (TPSA) is 75.7 Å². The molecule has 4 atom stereocenters. The van der Waals surface area contributed by atoms with Gasteiger partial charge in [0.1, 0.15) is 0 Å². The molecule has 0 spiro atoms. The number of nitrogens with zero attached hydrogens (tertiary/aromatic N) is 1. The van der Waals surface area contributed by atoms with Gasteiger partial charge in [-0.05, 0) is 35.4 Å². The molecular weight excluding hydrogens is 440 g/mol. The first-order chi connectivity index (χ1) is 16.0. The Morgan fingerprint density at radius 2 is 1.52 bits per heavy atom. The molecule has 0 unspecified atom stereocenters. The highest BCUT2D eigenvalue weighted by molar-refractivity contribution is 6.31. The van der Waals surface area contributed by atoms with Crippen LogP contribution in [-0.4, -0.2) is 24.9 Å². The standard InChI is InChI=1S/C26H21ClN2O4/c1-33-25(32)26(17-10-6-3-7-11-17)21-20(22(28-26)16-8-4-2-5-9-16)23(30)29(24(21)31)19-14-12-18(27)13-15-19/h2-15,20-22,28H,1H3/t20-,21-,22-,26+/m1/s1. The second-order valence-electron chi connectivity index (χ2n) is 8.19. The summed E-state index contributed by atoms with van der Waals surface area (Å²) in [7, 11) is 1.29. The first kappa shape index (κ1) is 21.4. The molecule has 0 bridgehead atoms. The van der Waals surface area contributed by atoms with Gasteiger partial charge in [0.05, 0.1) is 24.6 Å². The lowest BCUT2D eigenvalue weighted by Gasteiger charge is -2.33. The minimum atomic E-state index is -1.52. The van der Waals surface area contributed by atoms with E-state index in [0.717, 1.165) is 5.56 Å². The number of fused-ring (bicyclic) bond motifs is 1. The molecule has 6 nitrogen and oxygen atoms in total. The van der Waals surface area contributed by atoms with Crippen LogP contribution in [0.15, 0.2) is 84.9 Å². The number of benzene rings is 3. The highest BCUT2D eigenvalue weighted by Gasteiger charge is 2.69. The Kier molecular flexibility index (Phi) is 5.27. The number of carbonyl (C=O) groups excluding carboxylic acids is 3. The fourth-order valence-electron chi connectivity index (χ4n) is 5.13. The normalized spacial score (nSPS) is 26.4. The van der Waals surface area contributed by atoms with Crippen LogP contribution >= 0.6 is 11.6 Å². The van der Waals surface area contributed by atoms with Crippen molar-refractivity contribution >= 4 is 35.1 Å². The van der Waals surface area contributed by atoms with Crippen LogP contribution in [0.1, 0.15) is 17.2 Å². The molecule has 3 aromatic carbocycles.